The summed E-state index contributed by atoms with van der Waals surface area (Å²) in [6.45, 7) is 7.64. The van der Waals surface area contributed by atoms with Crippen LogP contribution < -0.4 is 15.5 Å². The summed E-state index contributed by atoms with van der Waals surface area (Å²) in [4.78, 5) is 27.9. The molecular formula is C23H28ClN3O2S. The second-order valence-corrected chi connectivity index (χ2v) is 9.40. The van der Waals surface area contributed by atoms with Gasteiger partial charge in [0.2, 0.25) is 5.91 Å². The van der Waals surface area contributed by atoms with Gasteiger partial charge in [-0.3, -0.25) is 9.59 Å². The number of halogens is 1. The number of thioether (sulfide) groups is 1. The molecule has 0 aliphatic carbocycles. The summed E-state index contributed by atoms with van der Waals surface area (Å²) in [5, 5.41) is 6.40. The summed E-state index contributed by atoms with van der Waals surface area (Å²) < 4.78 is 0. The fourth-order valence-electron chi connectivity index (χ4n) is 3.45. The van der Waals surface area contributed by atoms with E-state index in [9.17, 15) is 9.59 Å². The number of amides is 2. The molecule has 1 fully saturated rings. The van der Waals surface area contributed by atoms with Crippen LogP contribution in [0.2, 0.25) is 5.02 Å². The predicted molar refractivity (Wildman–Crippen MR) is 127 cm³/mol. The zero-order valence-corrected chi connectivity index (χ0v) is 19.1. The topological polar surface area (TPSA) is 61.4 Å². The Morgan fingerprint density at radius 2 is 1.80 bits per heavy atom. The van der Waals surface area contributed by atoms with Crippen molar-refractivity contribution in [3.05, 3.63) is 58.6 Å². The third kappa shape index (κ3) is 5.49. The van der Waals surface area contributed by atoms with E-state index in [0.717, 1.165) is 35.8 Å². The summed E-state index contributed by atoms with van der Waals surface area (Å²) in [6.07, 6.45) is 0. The van der Waals surface area contributed by atoms with Crippen molar-refractivity contribution < 1.29 is 9.59 Å². The third-order valence-corrected chi connectivity index (χ3v) is 6.44. The number of hydrogen-bond acceptors (Lipinski definition) is 4. The molecule has 1 atom stereocenters. The van der Waals surface area contributed by atoms with E-state index < -0.39 is 6.04 Å². The van der Waals surface area contributed by atoms with Gasteiger partial charge in [-0.05, 0) is 42.7 Å². The van der Waals surface area contributed by atoms with Crippen LogP contribution in [-0.2, 0) is 4.79 Å². The number of nitrogens with one attached hydrogen (secondary N) is 2. The Labute approximate surface area is 187 Å². The highest BCUT2D eigenvalue weighted by Gasteiger charge is 2.25. The zero-order valence-electron chi connectivity index (χ0n) is 17.6. The molecule has 30 heavy (non-hydrogen) atoms. The Morgan fingerprint density at radius 3 is 2.43 bits per heavy atom. The minimum Gasteiger partial charge on any atom is -0.369 e. The Kier molecular flexibility index (Phi) is 7.67. The van der Waals surface area contributed by atoms with Crippen LogP contribution in [0.15, 0.2) is 42.5 Å². The van der Waals surface area contributed by atoms with Crippen molar-refractivity contribution in [1.82, 2.24) is 5.32 Å². The summed E-state index contributed by atoms with van der Waals surface area (Å²) in [5.41, 5.74) is 3.05. The van der Waals surface area contributed by atoms with Crippen molar-refractivity contribution in [2.45, 2.75) is 26.8 Å². The highest BCUT2D eigenvalue weighted by molar-refractivity contribution is 7.99. The van der Waals surface area contributed by atoms with E-state index in [-0.39, 0.29) is 17.7 Å². The Balaban J connectivity index is 1.69. The number of carbonyl (C=O) groups excluding carboxylic acids is 2. The fraction of sp³-hybridized carbons (Fsp3) is 0.391. The fourth-order valence-corrected chi connectivity index (χ4v) is 4.65. The largest absolute Gasteiger partial charge is 0.369 e. The Bertz CT molecular complexity index is 913. The second kappa shape index (κ2) is 10.2. The lowest BCUT2D eigenvalue weighted by Gasteiger charge is -2.29. The van der Waals surface area contributed by atoms with Crippen molar-refractivity contribution in [3.8, 4) is 0 Å². The molecule has 2 aromatic carbocycles. The number of nitrogens with zero attached hydrogens (tertiary/aromatic N) is 1. The normalized spacial score (nSPS) is 15.0. The smallest absolute Gasteiger partial charge is 0.252 e. The van der Waals surface area contributed by atoms with Gasteiger partial charge in [-0.2, -0.15) is 11.8 Å². The van der Waals surface area contributed by atoms with E-state index in [2.05, 4.69) is 15.5 Å². The highest BCUT2D eigenvalue weighted by atomic mass is 35.5. The average Bonchev–Trinajstić information content (AvgIpc) is 2.72. The van der Waals surface area contributed by atoms with Gasteiger partial charge in [0, 0.05) is 35.8 Å². The molecule has 1 aliphatic rings. The molecule has 0 bridgehead atoms. The molecular weight excluding hydrogens is 418 g/mol. The predicted octanol–water partition coefficient (Wildman–Crippen LogP) is 4.59. The van der Waals surface area contributed by atoms with Gasteiger partial charge in [0.25, 0.3) is 5.91 Å². The molecule has 1 unspecified atom stereocenters. The van der Waals surface area contributed by atoms with Crippen LogP contribution in [0.4, 0.5) is 11.4 Å². The van der Waals surface area contributed by atoms with Crippen molar-refractivity contribution in [3.63, 3.8) is 0 Å². The Hall–Kier alpha value is -2.18. The van der Waals surface area contributed by atoms with Gasteiger partial charge in [-0.15, -0.1) is 0 Å². The van der Waals surface area contributed by atoms with Crippen LogP contribution in [0.1, 0.15) is 29.8 Å². The molecule has 1 saturated heterocycles. The van der Waals surface area contributed by atoms with Crippen molar-refractivity contribution >= 4 is 46.6 Å². The summed E-state index contributed by atoms with van der Waals surface area (Å²) in [5.74, 6) is 1.60. The lowest BCUT2D eigenvalue weighted by Crippen LogP contribution is -2.47. The van der Waals surface area contributed by atoms with Crippen LogP contribution in [0, 0.1) is 12.8 Å². The molecule has 0 radical (unpaired) electrons. The minimum absolute atomic E-state index is 0.0708. The first-order valence-corrected chi connectivity index (χ1v) is 11.7. The van der Waals surface area contributed by atoms with Gasteiger partial charge >= 0.3 is 0 Å². The molecule has 5 nitrogen and oxygen atoms in total. The average molecular weight is 446 g/mol. The molecule has 160 valence electrons. The van der Waals surface area contributed by atoms with Crippen molar-refractivity contribution in [2.75, 3.05) is 34.8 Å². The van der Waals surface area contributed by atoms with Gasteiger partial charge < -0.3 is 15.5 Å². The van der Waals surface area contributed by atoms with Gasteiger partial charge in [0.1, 0.15) is 6.04 Å². The third-order valence-electron chi connectivity index (χ3n) is 5.19. The molecule has 2 N–H and O–H groups in total. The van der Waals surface area contributed by atoms with Crippen LogP contribution in [0.25, 0.3) is 0 Å². The van der Waals surface area contributed by atoms with E-state index in [4.69, 9.17) is 11.6 Å². The van der Waals surface area contributed by atoms with Crippen LogP contribution in [-0.4, -0.2) is 42.5 Å². The monoisotopic (exact) mass is 445 g/mol. The van der Waals surface area contributed by atoms with Crippen LogP contribution >= 0.6 is 23.4 Å². The quantitative estimate of drug-likeness (QED) is 0.682. The van der Waals surface area contributed by atoms with Gasteiger partial charge in [-0.1, -0.05) is 43.6 Å². The lowest BCUT2D eigenvalue weighted by atomic mass is 10.0. The van der Waals surface area contributed by atoms with Gasteiger partial charge in [-0.25, -0.2) is 0 Å². The lowest BCUT2D eigenvalue weighted by molar-refractivity contribution is -0.118. The first-order valence-electron chi connectivity index (χ1n) is 10.2. The maximum atomic E-state index is 12.9. The molecule has 7 heteroatoms. The first-order chi connectivity index (χ1) is 14.4. The first kappa shape index (κ1) is 22.5. The molecule has 2 aromatic rings. The molecule has 3 rings (SSSR count). The maximum Gasteiger partial charge on any atom is 0.252 e. The second-order valence-electron chi connectivity index (χ2n) is 7.76. The van der Waals surface area contributed by atoms with Gasteiger partial charge in [0.05, 0.1) is 10.7 Å². The number of benzene rings is 2. The van der Waals surface area contributed by atoms with Crippen LogP contribution in [0.3, 0.4) is 0 Å². The van der Waals surface area contributed by atoms with E-state index in [1.807, 2.05) is 62.9 Å². The number of carbonyl (C=O) groups is 2. The van der Waals surface area contributed by atoms with E-state index in [1.54, 1.807) is 12.1 Å². The van der Waals surface area contributed by atoms with E-state index in [0.29, 0.717) is 16.3 Å². The number of aryl methyl sites for hydroxylation is 1. The molecule has 2 amide bonds. The number of rotatable bonds is 6. The molecule has 0 spiro atoms. The maximum absolute atomic E-state index is 12.9. The summed E-state index contributed by atoms with van der Waals surface area (Å²) >= 11 is 8.44. The molecule has 0 aromatic heterocycles. The van der Waals surface area contributed by atoms with Crippen molar-refractivity contribution in [2.24, 2.45) is 5.92 Å². The highest BCUT2D eigenvalue weighted by Crippen LogP contribution is 2.30. The Morgan fingerprint density at radius 1 is 1.10 bits per heavy atom. The van der Waals surface area contributed by atoms with E-state index >= 15 is 0 Å². The van der Waals surface area contributed by atoms with E-state index in [1.165, 1.54) is 0 Å². The molecule has 1 aliphatic heterocycles. The SMILES string of the molecule is Cc1ccccc1C(=O)NC(C(=O)Nc1ccc(N2CCSCC2)c(Cl)c1)C(C)C. The van der Waals surface area contributed by atoms with Crippen LogP contribution in [0.5, 0.6) is 0 Å². The minimum atomic E-state index is -0.658. The molecule has 1 heterocycles. The summed E-state index contributed by atoms with van der Waals surface area (Å²) in [7, 11) is 0. The summed E-state index contributed by atoms with van der Waals surface area (Å²) in [6, 6.07) is 12.3. The zero-order chi connectivity index (χ0) is 21.7. The molecule has 0 saturated carbocycles. The van der Waals surface area contributed by atoms with Gasteiger partial charge in [0.15, 0.2) is 0 Å². The number of anilines is 2. The standard InChI is InChI=1S/C23H28ClN3O2S/c1-15(2)21(26-22(28)18-7-5-4-6-16(18)3)23(29)25-17-8-9-20(19(24)14-17)27-10-12-30-13-11-27/h4-9,14-15,21H,10-13H2,1-3H3,(H,25,29)(H,26,28). The van der Waals surface area contributed by atoms with Crippen molar-refractivity contribution in [1.29, 1.82) is 0 Å². The number of hydrogen-bond donors (Lipinski definition) is 2.